The molecule has 0 aromatic rings. The lowest BCUT2D eigenvalue weighted by molar-refractivity contribution is -0.140. The zero-order valence-electron chi connectivity index (χ0n) is 11.2. The van der Waals surface area contributed by atoms with Crippen molar-refractivity contribution in [2.24, 2.45) is 0 Å². The van der Waals surface area contributed by atoms with E-state index in [4.69, 9.17) is 9.47 Å². The largest absolute Gasteiger partial charge is 0.465 e. The van der Waals surface area contributed by atoms with Crippen LogP contribution in [0.1, 0.15) is 20.8 Å². The summed E-state index contributed by atoms with van der Waals surface area (Å²) in [5, 5.41) is 0. The quantitative estimate of drug-likeness (QED) is 0.698. The summed E-state index contributed by atoms with van der Waals surface area (Å²) in [5.41, 5.74) is 0. The highest BCUT2D eigenvalue weighted by molar-refractivity contribution is 8.00. The maximum atomic E-state index is 11.9. The number of ether oxygens (including phenoxy) is 2. The highest BCUT2D eigenvalue weighted by Crippen LogP contribution is 2.12. The van der Waals surface area contributed by atoms with Crippen LogP contribution in [-0.4, -0.2) is 60.2 Å². The van der Waals surface area contributed by atoms with E-state index in [0.717, 1.165) is 0 Å². The van der Waals surface area contributed by atoms with Gasteiger partial charge < -0.3 is 14.4 Å². The van der Waals surface area contributed by atoms with Gasteiger partial charge >= 0.3 is 5.97 Å². The fourth-order valence-corrected chi connectivity index (χ4v) is 2.61. The molecule has 6 heteroatoms. The van der Waals surface area contributed by atoms with Crippen molar-refractivity contribution in [3.8, 4) is 0 Å². The number of hydrogen-bond donors (Lipinski definition) is 0. The lowest BCUT2D eigenvalue weighted by Gasteiger charge is -2.35. The van der Waals surface area contributed by atoms with Crippen LogP contribution in [0.15, 0.2) is 0 Å². The molecule has 0 radical (unpaired) electrons. The SMILES string of the molecule is CCOC(=O)CSCC(=O)N1C[C@@H](C)O[C@H](C)C1. The number of carbonyl (C=O) groups excluding carboxylic acids is 2. The minimum Gasteiger partial charge on any atom is -0.465 e. The van der Waals surface area contributed by atoms with Crippen LogP contribution in [0.5, 0.6) is 0 Å². The Bertz CT molecular complexity index is 288. The van der Waals surface area contributed by atoms with E-state index in [1.807, 2.05) is 13.8 Å². The Hall–Kier alpha value is -0.750. The van der Waals surface area contributed by atoms with Crippen molar-refractivity contribution in [3.63, 3.8) is 0 Å². The standard InChI is InChI=1S/C12H21NO4S/c1-4-16-12(15)8-18-7-11(14)13-5-9(2)17-10(3)6-13/h9-10H,4-8H2,1-3H3/t9-,10-/m1/s1. The first-order chi connectivity index (χ1) is 8.52. The van der Waals surface area contributed by atoms with Gasteiger partial charge in [0.15, 0.2) is 0 Å². The first-order valence-electron chi connectivity index (χ1n) is 6.19. The second-order valence-electron chi connectivity index (χ2n) is 4.35. The molecule has 0 bridgehead atoms. The van der Waals surface area contributed by atoms with Gasteiger partial charge in [0.25, 0.3) is 0 Å². The number of amides is 1. The van der Waals surface area contributed by atoms with Gasteiger partial charge in [0, 0.05) is 13.1 Å². The van der Waals surface area contributed by atoms with Gasteiger partial charge in [-0.05, 0) is 20.8 Å². The highest BCUT2D eigenvalue weighted by atomic mass is 32.2. The molecule has 1 rings (SSSR count). The molecular weight excluding hydrogens is 254 g/mol. The number of esters is 1. The molecule has 5 nitrogen and oxygen atoms in total. The lowest BCUT2D eigenvalue weighted by Crippen LogP contribution is -2.48. The molecule has 0 aromatic heterocycles. The summed E-state index contributed by atoms with van der Waals surface area (Å²) in [5.74, 6) is 0.345. The van der Waals surface area contributed by atoms with Crippen molar-refractivity contribution in [1.82, 2.24) is 4.90 Å². The molecule has 0 aromatic carbocycles. The molecule has 1 aliphatic rings. The summed E-state index contributed by atoms with van der Waals surface area (Å²) >= 11 is 1.30. The van der Waals surface area contributed by atoms with Crippen LogP contribution in [0.4, 0.5) is 0 Å². The van der Waals surface area contributed by atoms with Gasteiger partial charge in [-0.3, -0.25) is 9.59 Å². The van der Waals surface area contributed by atoms with E-state index in [2.05, 4.69) is 0 Å². The Labute approximate surface area is 112 Å². The van der Waals surface area contributed by atoms with Crippen LogP contribution < -0.4 is 0 Å². The smallest absolute Gasteiger partial charge is 0.315 e. The highest BCUT2D eigenvalue weighted by Gasteiger charge is 2.25. The van der Waals surface area contributed by atoms with E-state index in [-0.39, 0.29) is 29.8 Å². The van der Waals surface area contributed by atoms with Crippen molar-refractivity contribution in [1.29, 1.82) is 0 Å². The molecule has 0 saturated carbocycles. The van der Waals surface area contributed by atoms with E-state index in [9.17, 15) is 9.59 Å². The van der Waals surface area contributed by atoms with Crippen LogP contribution in [-0.2, 0) is 19.1 Å². The molecule has 0 N–H and O–H groups in total. The summed E-state index contributed by atoms with van der Waals surface area (Å²) in [6.07, 6.45) is 0.153. The molecule has 0 unspecified atom stereocenters. The number of carbonyl (C=O) groups is 2. The lowest BCUT2D eigenvalue weighted by atomic mass is 10.2. The summed E-state index contributed by atoms with van der Waals surface area (Å²) in [6.45, 7) is 7.33. The number of morpholine rings is 1. The van der Waals surface area contributed by atoms with Crippen molar-refractivity contribution in [2.45, 2.75) is 33.0 Å². The fraction of sp³-hybridized carbons (Fsp3) is 0.833. The zero-order chi connectivity index (χ0) is 13.5. The Morgan fingerprint density at radius 2 is 1.89 bits per heavy atom. The summed E-state index contributed by atoms with van der Waals surface area (Å²) in [6, 6.07) is 0. The summed E-state index contributed by atoms with van der Waals surface area (Å²) in [7, 11) is 0. The van der Waals surface area contributed by atoms with Gasteiger partial charge in [0.2, 0.25) is 5.91 Å². The third-order valence-electron chi connectivity index (χ3n) is 2.52. The maximum absolute atomic E-state index is 11.9. The van der Waals surface area contributed by atoms with Crippen LogP contribution in [0.3, 0.4) is 0 Å². The summed E-state index contributed by atoms with van der Waals surface area (Å²) in [4.78, 5) is 24.8. The summed E-state index contributed by atoms with van der Waals surface area (Å²) < 4.78 is 10.4. The first kappa shape index (κ1) is 15.3. The molecule has 1 fully saturated rings. The molecule has 1 amide bonds. The maximum Gasteiger partial charge on any atom is 0.315 e. The average Bonchev–Trinajstić information content (AvgIpc) is 2.27. The predicted octanol–water partition coefficient (Wildman–Crippen LogP) is 0.919. The van der Waals surface area contributed by atoms with E-state index >= 15 is 0 Å². The Balaban J connectivity index is 2.25. The van der Waals surface area contributed by atoms with Gasteiger partial charge in [0.05, 0.1) is 30.3 Å². The van der Waals surface area contributed by atoms with Crippen LogP contribution >= 0.6 is 11.8 Å². The van der Waals surface area contributed by atoms with Gasteiger partial charge in [-0.2, -0.15) is 0 Å². The molecular formula is C12H21NO4S. The number of nitrogens with zero attached hydrogens (tertiary/aromatic N) is 1. The van der Waals surface area contributed by atoms with E-state index in [1.165, 1.54) is 11.8 Å². The Morgan fingerprint density at radius 3 is 2.44 bits per heavy atom. The van der Waals surface area contributed by atoms with Gasteiger partial charge in [0.1, 0.15) is 0 Å². The van der Waals surface area contributed by atoms with Gasteiger partial charge in [-0.25, -0.2) is 0 Å². The normalized spacial score (nSPS) is 23.8. The fourth-order valence-electron chi connectivity index (χ4n) is 1.90. The molecule has 1 heterocycles. The first-order valence-corrected chi connectivity index (χ1v) is 7.35. The molecule has 104 valence electrons. The van der Waals surface area contributed by atoms with Crippen molar-refractivity contribution in [3.05, 3.63) is 0 Å². The Morgan fingerprint density at radius 1 is 1.28 bits per heavy atom. The second-order valence-corrected chi connectivity index (χ2v) is 5.34. The Kier molecular flexibility index (Phi) is 6.49. The number of thioether (sulfide) groups is 1. The van der Waals surface area contributed by atoms with Crippen molar-refractivity contribution >= 4 is 23.6 Å². The van der Waals surface area contributed by atoms with Gasteiger partial charge in [-0.1, -0.05) is 0 Å². The molecule has 1 saturated heterocycles. The van der Waals surface area contributed by atoms with E-state index in [1.54, 1.807) is 11.8 Å². The topological polar surface area (TPSA) is 55.8 Å². The third-order valence-corrected chi connectivity index (χ3v) is 3.41. The molecule has 18 heavy (non-hydrogen) atoms. The van der Waals surface area contributed by atoms with Gasteiger partial charge in [-0.15, -0.1) is 11.8 Å². The zero-order valence-corrected chi connectivity index (χ0v) is 12.0. The van der Waals surface area contributed by atoms with Crippen LogP contribution in [0.25, 0.3) is 0 Å². The minimum atomic E-state index is -0.265. The van der Waals surface area contributed by atoms with Crippen LogP contribution in [0, 0.1) is 0 Å². The minimum absolute atomic E-state index is 0.0614. The second kappa shape index (κ2) is 7.63. The molecule has 1 aliphatic heterocycles. The number of hydrogen-bond acceptors (Lipinski definition) is 5. The number of rotatable bonds is 5. The van der Waals surface area contributed by atoms with Crippen LogP contribution in [0.2, 0.25) is 0 Å². The van der Waals surface area contributed by atoms with E-state index < -0.39 is 0 Å². The molecule has 0 spiro atoms. The van der Waals surface area contributed by atoms with Crippen molar-refractivity contribution < 1.29 is 19.1 Å². The monoisotopic (exact) mass is 275 g/mol. The average molecular weight is 275 g/mol. The predicted molar refractivity (Wildman–Crippen MR) is 70.5 cm³/mol. The molecule has 2 atom stereocenters. The third kappa shape index (κ3) is 5.27. The van der Waals surface area contributed by atoms with E-state index in [0.29, 0.717) is 25.4 Å². The van der Waals surface area contributed by atoms with Crippen molar-refractivity contribution in [2.75, 3.05) is 31.2 Å². The molecule has 0 aliphatic carbocycles.